The second kappa shape index (κ2) is 9.91. The Morgan fingerprint density at radius 3 is 1.73 bits per heavy atom. The molecule has 0 unspecified atom stereocenters. The molecule has 0 nitrogen and oxygen atoms in total. The molecule has 0 aliphatic heterocycles. The summed E-state index contributed by atoms with van der Waals surface area (Å²) in [5, 5.41) is 0. The Morgan fingerprint density at radius 2 is 1.36 bits per heavy atom. The van der Waals surface area contributed by atoms with Gasteiger partial charge in [0.2, 0.25) is 0 Å². The van der Waals surface area contributed by atoms with E-state index in [-0.39, 0.29) is 20.9 Å². The molecule has 0 saturated heterocycles. The Kier molecular flexibility index (Phi) is 9.83. The molecule has 0 saturated carbocycles. The zero-order valence-electron chi connectivity index (χ0n) is 7.24. The molecule has 1 heteroatoms. The maximum atomic E-state index is 3.15. The maximum absolute atomic E-state index is 3.15. The summed E-state index contributed by atoms with van der Waals surface area (Å²) in [5.41, 5.74) is 0. The third-order valence-corrected chi connectivity index (χ3v) is 2.40. The molecule has 0 spiro atoms. The summed E-state index contributed by atoms with van der Waals surface area (Å²) in [4.78, 5) is 0. The van der Waals surface area contributed by atoms with E-state index in [2.05, 4.69) is 33.6 Å². The Morgan fingerprint density at radius 1 is 0.909 bits per heavy atom. The summed E-state index contributed by atoms with van der Waals surface area (Å²) in [6.45, 7) is 4.30. The minimum absolute atomic E-state index is 0.281. The van der Waals surface area contributed by atoms with E-state index in [0.29, 0.717) is 0 Å². The molecule has 60 valence electrons. The van der Waals surface area contributed by atoms with Gasteiger partial charge in [-0.2, -0.15) is 0 Å². The monoisotopic (exact) mass is 264 g/mol. The van der Waals surface area contributed by atoms with Crippen molar-refractivity contribution >= 4 is 20.9 Å². The molecule has 0 aromatic rings. The predicted molar refractivity (Wildman–Crippen MR) is 51.1 cm³/mol. The summed E-state index contributed by atoms with van der Waals surface area (Å²) in [7, 11) is 0. The van der Waals surface area contributed by atoms with Crippen LogP contribution in [0.3, 0.4) is 0 Å². The van der Waals surface area contributed by atoms with Gasteiger partial charge in [0.15, 0.2) is 0 Å². The molecule has 0 aromatic heterocycles. The van der Waals surface area contributed by atoms with Crippen molar-refractivity contribution in [3.63, 3.8) is 0 Å². The van der Waals surface area contributed by atoms with Gasteiger partial charge < -0.3 is 0 Å². The Labute approximate surface area is 80.2 Å². The average Bonchev–Trinajstić information content (AvgIpc) is 2.03. The fraction of sp³-hybridized carbons (Fsp3) is 0.600. The van der Waals surface area contributed by atoms with Crippen molar-refractivity contribution in [1.82, 2.24) is 0 Å². The Hall–Kier alpha value is -0.0904. The molecular weight excluding hydrogens is 248 g/mol. The van der Waals surface area contributed by atoms with Crippen molar-refractivity contribution in [3.8, 4) is 19.8 Å². The van der Waals surface area contributed by atoms with Crippen LogP contribution in [0.5, 0.6) is 0 Å². The number of rotatable bonds is 2. The van der Waals surface area contributed by atoms with Crippen LogP contribution in [0.2, 0.25) is 0 Å². The van der Waals surface area contributed by atoms with Crippen LogP contribution in [0, 0.1) is 19.8 Å². The molecule has 0 fully saturated rings. The molecule has 0 heterocycles. The van der Waals surface area contributed by atoms with E-state index >= 15 is 0 Å². The number of unbranched alkanes of at least 4 members (excludes halogenated alkanes) is 2. The van der Waals surface area contributed by atoms with Gasteiger partial charge in [0.1, 0.15) is 0 Å². The molecular formula is C10H14Te. The van der Waals surface area contributed by atoms with Crippen LogP contribution in [0.25, 0.3) is 0 Å². The molecule has 0 aliphatic carbocycles. The van der Waals surface area contributed by atoms with Crippen LogP contribution in [0.4, 0.5) is 0 Å². The third kappa shape index (κ3) is 9.91. The summed E-state index contributed by atoms with van der Waals surface area (Å²) in [6, 6.07) is 0. The van der Waals surface area contributed by atoms with Crippen molar-refractivity contribution in [2.45, 2.75) is 39.5 Å². The van der Waals surface area contributed by atoms with Gasteiger partial charge in [-0.25, -0.2) is 0 Å². The van der Waals surface area contributed by atoms with Crippen molar-refractivity contribution in [2.75, 3.05) is 0 Å². The SMILES string of the molecule is CCCC#C[Te]C#CCCC. The molecule has 0 amide bonds. The first-order valence-electron chi connectivity index (χ1n) is 4.03. The van der Waals surface area contributed by atoms with Crippen LogP contribution in [0.15, 0.2) is 0 Å². The molecule has 0 rings (SSSR count). The van der Waals surface area contributed by atoms with Crippen LogP contribution in [-0.2, 0) is 0 Å². The predicted octanol–water partition coefficient (Wildman–Crippen LogP) is 2.21. The van der Waals surface area contributed by atoms with E-state index in [1.54, 1.807) is 0 Å². The van der Waals surface area contributed by atoms with E-state index in [1.165, 1.54) is 12.8 Å². The van der Waals surface area contributed by atoms with Crippen LogP contribution >= 0.6 is 0 Å². The average molecular weight is 262 g/mol. The first kappa shape index (κ1) is 10.9. The van der Waals surface area contributed by atoms with Gasteiger partial charge in [0.25, 0.3) is 0 Å². The number of hydrogen-bond donors (Lipinski definition) is 0. The zero-order valence-corrected chi connectivity index (χ0v) is 9.57. The molecule has 0 aliphatic rings. The first-order valence-corrected chi connectivity index (χ1v) is 6.36. The van der Waals surface area contributed by atoms with Gasteiger partial charge in [0.05, 0.1) is 0 Å². The van der Waals surface area contributed by atoms with E-state index in [4.69, 9.17) is 0 Å². The molecule has 0 atom stereocenters. The summed E-state index contributed by atoms with van der Waals surface area (Å²) in [6.07, 6.45) is 4.42. The van der Waals surface area contributed by atoms with E-state index in [1.807, 2.05) is 0 Å². The molecule has 0 N–H and O–H groups in total. The van der Waals surface area contributed by atoms with Crippen molar-refractivity contribution in [2.24, 2.45) is 0 Å². The van der Waals surface area contributed by atoms with Gasteiger partial charge in [-0.3, -0.25) is 0 Å². The minimum atomic E-state index is -0.281. The molecule has 11 heavy (non-hydrogen) atoms. The van der Waals surface area contributed by atoms with E-state index in [0.717, 1.165) is 12.8 Å². The molecule has 0 bridgehead atoms. The van der Waals surface area contributed by atoms with Crippen LogP contribution in [0.1, 0.15) is 39.5 Å². The van der Waals surface area contributed by atoms with Crippen molar-refractivity contribution in [1.29, 1.82) is 0 Å². The second-order valence-corrected chi connectivity index (χ2v) is 3.91. The summed E-state index contributed by atoms with van der Waals surface area (Å²) in [5.74, 6) is 6.23. The van der Waals surface area contributed by atoms with Crippen LogP contribution in [-0.4, -0.2) is 20.9 Å². The summed E-state index contributed by atoms with van der Waals surface area (Å²) >= 11 is -0.281. The fourth-order valence-corrected chi connectivity index (χ4v) is 1.59. The zero-order chi connectivity index (χ0) is 8.36. The van der Waals surface area contributed by atoms with E-state index in [9.17, 15) is 0 Å². The van der Waals surface area contributed by atoms with E-state index < -0.39 is 0 Å². The Bertz CT molecular complexity index is 162. The van der Waals surface area contributed by atoms with Crippen molar-refractivity contribution < 1.29 is 0 Å². The third-order valence-electron chi connectivity index (χ3n) is 0.996. The first-order chi connectivity index (χ1) is 5.41. The van der Waals surface area contributed by atoms with Crippen molar-refractivity contribution in [3.05, 3.63) is 0 Å². The van der Waals surface area contributed by atoms with Gasteiger partial charge >= 0.3 is 80.2 Å². The quantitative estimate of drug-likeness (QED) is 0.528. The molecule has 0 aromatic carbocycles. The van der Waals surface area contributed by atoms with Gasteiger partial charge in [-0.05, 0) is 0 Å². The normalized spacial score (nSPS) is 7.45. The summed E-state index contributed by atoms with van der Waals surface area (Å²) < 4.78 is 6.30. The van der Waals surface area contributed by atoms with Gasteiger partial charge in [-0.1, -0.05) is 0 Å². The Balaban J connectivity index is 3.28. The van der Waals surface area contributed by atoms with Gasteiger partial charge in [0, 0.05) is 0 Å². The van der Waals surface area contributed by atoms with Crippen LogP contribution < -0.4 is 0 Å². The fourth-order valence-electron chi connectivity index (χ4n) is 0.450. The topological polar surface area (TPSA) is 0 Å². The number of hydrogen-bond acceptors (Lipinski definition) is 0. The second-order valence-electron chi connectivity index (χ2n) is 2.16. The standard InChI is InChI=1S/C10H14Te/c1-3-5-7-9-11-10-8-6-4-2/h3-6H2,1-2H3. The van der Waals surface area contributed by atoms with Gasteiger partial charge in [-0.15, -0.1) is 0 Å². The molecule has 0 radical (unpaired) electrons.